The van der Waals surface area contributed by atoms with E-state index in [0.29, 0.717) is 37.3 Å². The summed E-state index contributed by atoms with van der Waals surface area (Å²) in [6.07, 6.45) is 9.34. The molecule has 2 amide bonds. The summed E-state index contributed by atoms with van der Waals surface area (Å²) in [7, 11) is 0. The van der Waals surface area contributed by atoms with Crippen molar-refractivity contribution in [2.45, 2.75) is 83.7 Å². The minimum Gasteiger partial charge on any atom is -0.337 e. The fourth-order valence-corrected chi connectivity index (χ4v) is 5.12. The zero-order chi connectivity index (χ0) is 20.4. The van der Waals surface area contributed by atoms with Crippen molar-refractivity contribution in [1.82, 2.24) is 19.8 Å². The summed E-state index contributed by atoms with van der Waals surface area (Å²) in [5.74, 6) is 1.04. The van der Waals surface area contributed by atoms with Crippen LogP contribution in [0.3, 0.4) is 0 Å². The highest BCUT2D eigenvalue weighted by atomic mass is 16.2. The molecule has 2 fully saturated rings. The minimum atomic E-state index is -0.152. The summed E-state index contributed by atoms with van der Waals surface area (Å²) in [6.45, 7) is 3.58. The van der Waals surface area contributed by atoms with Crippen LogP contribution >= 0.6 is 0 Å². The van der Waals surface area contributed by atoms with Gasteiger partial charge in [-0.3, -0.25) is 14.4 Å². The first-order valence-electron chi connectivity index (χ1n) is 11.3. The Hall–Kier alpha value is -2.18. The Morgan fingerprint density at radius 1 is 1.07 bits per heavy atom. The zero-order valence-corrected chi connectivity index (χ0v) is 17.4. The van der Waals surface area contributed by atoms with E-state index in [9.17, 15) is 14.4 Å². The van der Waals surface area contributed by atoms with Crippen LogP contribution in [0.2, 0.25) is 0 Å². The van der Waals surface area contributed by atoms with Gasteiger partial charge in [0.2, 0.25) is 11.8 Å². The van der Waals surface area contributed by atoms with Gasteiger partial charge in [-0.25, -0.2) is 4.98 Å². The van der Waals surface area contributed by atoms with E-state index in [2.05, 4.69) is 4.98 Å². The predicted octanol–water partition coefficient (Wildman–Crippen LogP) is 2.70. The number of hydrogen-bond acceptors (Lipinski definition) is 4. The van der Waals surface area contributed by atoms with Crippen molar-refractivity contribution in [2.75, 3.05) is 13.1 Å². The molecule has 29 heavy (non-hydrogen) atoms. The average Bonchev–Trinajstić information content (AvgIpc) is 2.78. The number of nitrogens with zero attached hydrogens (tertiary/aromatic N) is 3. The second kappa shape index (κ2) is 8.67. The molecule has 0 spiro atoms. The second-order valence-corrected chi connectivity index (χ2v) is 8.67. The smallest absolute Gasteiger partial charge is 0.256 e. The van der Waals surface area contributed by atoms with Crippen molar-refractivity contribution < 1.29 is 9.59 Å². The van der Waals surface area contributed by atoms with Crippen LogP contribution in [0.15, 0.2) is 4.79 Å². The molecule has 3 aliphatic rings. The van der Waals surface area contributed by atoms with Gasteiger partial charge < -0.3 is 14.8 Å². The van der Waals surface area contributed by atoms with Gasteiger partial charge in [-0.2, -0.15) is 0 Å². The normalized spacial score (nSPS) is 23.0. The van der Waals surface area contributed by atoms with Crippen LogP contribution in [0.1, 0.15) is 87.8 Å². The lowest BCUT2D eigenvalue weighted by molar-refractivity contribution is -0.137. The summed E-state index contributed by atoms with van der Waals surface area (Å²) in [5.41, 5.74) is 1.26. The number of fused-ring (bicyclic) bond motifs is 1. The molecule has 1 saturated carbocycles. The van der Waals surface area contributed by atoms with Crippen LogP contribution in [0, 0.1) is 5.92 Å². The van der Waals surface area contributed by atoms with E-state index in [-0.39, 0.29) is 29.3 Å². The first-order valence-corrected chi connectivity index (χ1v) is 11.3. The van der Waals surface area contributed by atoms with Crippen LogP contribution in [0.4, 0.5) is 0 Å². The van der Waals surface area contributed by atoms with E-state index in [1.807, 2.05) is 16.7 Å². The van der Waals surface area contributed by atoms with E-state index in [4.69, 9.17) is 4.98 Å². The van der Waals surface area contributed by atoms with E-state index in [0.717, 1.165) is 57.2 Å². The van der Waals surface area contributed by atoms with Gasteiger partial charge in [-0.05, 0) is 32.1 Å². The van der Waals surface area contributed by atoms with Crippen molar-refractivity contribution >= 4 is 11.8 Å². The third kappa shape index (κ3) is 4.09. The number of carbonyl (C=O) groups excluding carboxylic acids is 2. The highest BCUT2D eigenvalue weighted by molar-refractivity contribution is 5.79. The minimum absolute atomic E-state index is 0.110. The van der Waals surface area contributed by atoms with Crippen LogP contribution in [0.25, 0.3) is 0 Å². The van der Waals surface area contributed by atoms with Crippen molar-refractivity contribution in [3.63, 3.8) is 0 Å². The van der Waals surface area contributed by atoms with Crippen LogP contribution in [-0.4, -0.2) is 44.7 Å². The van der Waals surface area contributed by atoms with E-state index < -0.39 is 0 Å². The Balaban J connectivity index is 1.54. The maximum atomic E-state index is 12.9. The van der Waals surface area contributed by atoms with E-state index in [1.165, 1.54) is 6.42 Å². The molecular weight excluding hydrogens is 368 g/mol. The van der Waals surface area contributed by atoms with E-state index in [1.54, 1.807) is 0 Å². The number of hydrogen-bond donors (Lipinski definition) is 1. The third-order valence-electron chi connectivity index (χ3n) is 6.79. The molecular formula is C22H32N4O3. The Morgan fingerprint density at radius 3 is 2.59 bits per heavy atom. The Labute approximate surface area is 171 Å². The maximum Gasteiger partial charge on any atom is 0.256 e. The number of aromatic nitrogens is 2. The Kier molecular flexibility index (Phi) is 6.01. The molecule has 1 aromatic rings. The number of rotatable bonds is 3. The molecule has 0 bridgehead atoms. The molecule has 0 aromatic carbocycles. The number of likely N-dealkylation sites (tertiary alicyclic amines) is 1. The van der Waals surface area contributed by atoms with Crippen molar-refractivity contribution in [3.05, 3.63) is 27.4 Å². The van der Waals surface area contributed by atoms with E-state index >= 15 is 0 Å². The second-order valence-electron chi connectivity index (χ2n) is 8.67. The molecule has 7 heteroatoms. The lowest BCUT2D eigenvalue weighted by Crippen LogP contribution is -2.44. The molecule has 1 saturated heterocycles. The summed E-state index contributed by atoms with van der Waals surface area (Å²) in [5, 5.41) is 0. The SMILES string of the molecule is CCC(=O)N1CCCC[C@H]1c1nc2c(c(=O)[nH]1)CN(C(=O)C1CCCCC1)CC2. The molecule has 4 rings (SSSR count). The Morgan fingerprint density at radius 2 is 1.83 bits per heavy atom. The van der Waals surface area contributed by atoms with Gasteiger partial charge in [0.15, 0.2) is 0 Å². The lowest BCUT2D eigenvalue weighted by atomic mass is 9.88. The molecule has 3 heterocycles. The number of amides is 2. The zero-order valence-electron chi connectivity index (χ0n) is 17.4. The van der Waals surface area contributed by atoms with Crippen LogP contribution < -0.4 is 5.56 Å². The molecule has 2 aliphatic heterocycles. The summed E-state index contributed by atoms with van der Waals surface area (Å²) < 4.78 is 0. The highest BCUT2D eigenvalue weighted by Crippen LogP contribution is 2.30. The third-order valence-corrected chi connectivity index (χ3v) is 6.79. The lowest BCUT2D eigenvalue weighted by Gasteiger charge is -2.36. The molecule has 1 aromatic heterocycles. The highest BCUT2D eigenvalue weighted by Gasteiger charge is 2.33. The summed E-state index contributed by atoms with van der Waals surface area (Å²) >= 11 is 0. The molecule has 0 radical (unpaired) electrons. The van der Waals surface area contributed by atoms with Crippen LogP contribution in [-0.2, 0) is 22.6 Å². The summed E-state index contributed by atoms with van der Waals surface area (Å²) in [6, 6.07) is -0.142. The fraction of sp³-hybridized carbons (Fsp3) is 0.727. The van der Waals surface area contributed by atoms with Crippen molar-refractivity contribution in [3.8, 4) is 0 Å². The van der Waals surface area contributed by atoms with Gasteiger partial charge in [-0.15, -0.1) is 0 Å². The summed E-state index contributed by atoms with van der Waals surface area (Å²) in [4.78, 5) is 49.6. The quantitative estimate of drug-likeness (QED) is 0.845. The van der Waals surface area contributed by atoms with Gasteiger partial charge in [0.05, 0.1) is 23.8 Å². The average molecular weight is 401 g/mol. The first-order chi connectivity index (χ1) is 14.1. The number of nitrogens with one attached hydrogen (secondary N) is 1. The molecule has 1 atom stereocenters. The molecule has 1 N–H and O–H groups in total. The fourth-order valence-electron chi connectivity index (χ4n) is 5.12. The first kappa shape index (κ1) is 20.1. The van der Waals surface area contributed by atoms with Crippen LogP contribution in [0.5, 0.6) is 0 Å². The van der Waals surface area contributed by atoms with Crippen molar-refractivity contribution in [1.29, 1.82) is 0 Å². The maximum absolute atomic E-state index is 12.9. The predicted molar refractivity (Wildman–Crippen MR) is 109 cm³/mol. The largest absolute Gasteiger partial charge is 0.337 e. The van der Waals surface area contributed by atoms with Gasteiger partial charge in [-0.1, -0.05) is 26.2 Å². The number of carbonyl (C=O) groups is 2. The number of piperidine rings is 1. The molecule has 1 aliphatic carbocycles. The topological polar surface area (TPSA) is 86.4 Å². The van der Waals surface area contributed by atoms with Gasteiger partial charge in [0, 0.05) is 31.8 Å². The molecule has 0 unspecified atom stereocenters. The molecule has 158 valence electrons. The monoisotopic (exact) mass is 400 g/mol. The molecule has 7 nitrogen and oxygen atoms in total. The Bertz CT molecular complexity index is 828. The number of H-pyrrole nitrogens is 1. The van der Waals surface area contributed by atoms with Gasteiger partial charge >= 0.3 is 0 Å². The standard InChI is InChI=1S/C22H32N4O3/c1-2-19(27)26-12-7-6-10-18(26)20-23-17-11-13-25(14-16(17)21(28)24-20)22(29)15-8-4-3-5-9-15/h15,18H,2-14H2,1H3,(H,23,24,28)/t18-/m0/s1. The number of aromatic amines is 1. The van der Waals surface area contributed by atoms with Gasteiger partial charge in [0.25, 0.3) is 5.56 Å². The van der Waals surface area contributed by atoms with Crippen molar-refractivity contribution in [2.24, 2.45) is 5.92 Å². The van der Waals surface area contributed by atoms with Gasteiger partial charge in [0.1, 0.15) is 5.82 Å².